The number of aromatic hydroxyl groups is 1. The van der Waals surface area contributed by atoms with E-state index in [9.17, 15) is 9.90 Å². The third kappa shape index (κ3) is 1.69. The van der Waals surface area contributed by atoms with Crippen molar-refractivity contribution in [1.82, 2.24) is 4.98 Å². The minimum Gasteiger partial charge on any atom is -0.504 e. The van der Waals surface area contributed by atoms with Gasteiger partial charge in [0.05, 0.1) is 0 Å². The molecule has 3 heteroatoms. The average molecular weight is 311 g/mol. The fourth-order valence-electron chi connectivity index (χ4n) is 3.52. The van der Waals surface area contributed by atoms with Crippen LogP contribution in [0, 0.1) is 0 Å². The molecule has 0 aliphatic rings. The van der Waals surface area contributed by atoms with Gasteiger partial charge in [-0.1, -0.05) is 42.5 Å². The fourth-order valence-corrected chi connectivity index (χ4v) is 3.52. The van der Waals surface area contributed by atoms with Gasteiger partial charge in [0, 0.05) is 27.2 Å². The number of fused-ring (bicyclic) bond motifs is 6. The molecule has 0 saturated heterocycles. The molecule has 0 aliphatic heterocycles. The van der Waals surface area contributed by atoms with E-state index >= 15 is 0 Å². The molecule has 5 rings (SSSR count). The Hall–Kier alpha value is -3.33. The topological polar surface area (TPSA) is 53.1 Å². The predicted molar refractivity (Wildman–Crippen MR) is 98.8 cm³/mol. The zero-order valence-electron chi connectivity index (χ0n) is 12.7. The molecule has 24 heavy (non-hydrogen) atoms. The van der Waals surface area contributed by atoms with Gasteiger partial charge in [-0.2, -0.15) is 0 Å². The Labute approximate surface area is 136 Å². The van der Waals surface area contributed by atoms with Crippen LogP contribution in [0.4, 0.5) is 0 Å². The number of H-pyrrole nitrogens is 1. The summed E-state index contributed by atoms with van der Waals surface area (Å²) in [6, 6.07) is 21.5. The molecule has 0 atom stereocenters. The van der Waals surface area contributed by atoms with Crippen LogP contribution in [0.3, 0.4) is 0 Å². The third-order valence-corrected chi connectivity index (χ3v) is 4.69. The number of phenols is 1. The predicted octanol–water partition coefficient (Wildman–Crippen LogP) is 4.69. The molecule has 0 unspecified atom stereocenters. The number of benzene rings is 4. The average Bonchev–Trinajstić information content (AvgIpc) is 2.62. The first-order chi connectivity index (χ1) is 11.7. The molecule has 114 valence electrons. The highest BCUT2D eigenvalue weighted by Gasteiger charge is 2.10. The summed E-state index contributed by atoms with van der Waals surface area (Å²) in [5.74, 6) is -0.189. The summed E-state index contributed by atoms with van der Waals surface area (Å²) in [7, 11) is 0. The smallest absolute Gasteiger partial charge is 0.220 e. The van der Waals surface area contributed by atoms with Crippen molar-refractivity contribution in [2.75, 3.05) is 0 Å². The Morgan fingerprint density at radius 2 is 1.42 bits per heavy atom. The lowest BCUT2D eigenvalue weighted by Gasteiger charge is -2.10. The molecule has 1 heterocycles. The summed E-state index contributed by atoms with van der Waals surface area (Å²) < 4.78 is 0. The second kappa shape index (κ2) is 4.59. The van der Waals surface area contributed by atoms with Crippen LogP contribution in [0.25, 0.3) is 43.4 Å². The summed E-state index contributed by atoms with van der Waals surface area (Å²) >= 11 is 0. The molecule has 2 N–H and O–H groups in total. The van der Waals surface area contributed by atoms with Crippen LogP contribution in [-0.2, 0) is 0 Å². The molecule has 0 amide bonds. The largest absolute Gasteiger partial charge is 0.504 e. The van der Waals surface area contributed by atoms with E-state index in [1.807, 2.05) is 24.3 Å². The van der Waals surface area contributed by atoms with Crippen molar-refractivity contribution < 1.29 is 5.11 Å². The van der Waals surface area contributed by atoms with E-state index in [1.165, 1.54) is 6.07 Å². The number of hydrogen-bond donors (Lipinski definition) is 2. The highest BCUT2D eigenvalue weighted by molar-refractivity contribution is 6.16. The van der Waals surface area contributed by atoms with E-state index in [0.717, 1.165) is 38.0 Å². The van der Waals surface area contributed by atoms with Crippen molar-refractivity contribution >= 4 is 43.4 Å². The fraction of sp³-hybridized carbons (Fsp3) is 0. The maximum Gasteiger partial charge on any atom is 0.220 e. The molecule has 1 aromatic heterocycles. The number of hydrogen-bond acceptors (Lipinski definition) is 2. The van der Waals surface area contributed by atoms with Crippen molar-refractivity contribution in [3.8, 4) is 5.75 Å². The minimum absolute atomic E-state index is 0.189. The van der Waals surface area contributed by atoms with Gasteiger partial charge in [0.1, 0.15) is 0 Å². The van der Waals surface area contributed by atoms with Gasteiger partial charge >= 0.3 is 0 Å². The Bertz CT molecular complexity index is 1330. The molecular weight excluding hydrogens is 298 g/mol. The summed E-state index contributed by atoms with van der Waals surface area (Å²) in [6.07, 6.45) is 0. The minimum atomic E-state index is -0.354. The molecular formula is C21H13NO2. The van der Waals surface area contributed by atoms with Gasteiger partial charge in [-0.15, -0.1) is 0 Å². The van der Waals surface area contributed by atoms with Crippen LogP contribution in [-0.4, -0.2) is 10.1 Å². The molecule has 0 radical (unpaired) electrons. The monoisotopic (exact) mass is 311 g/mol. The number of aromatic nitrogens is 1. The molecule has 4 aromatic carbocycles. The Kier molecular flexibility index (Phi) is 2.51. The van der Waals surface area contributed by atoms with Gasteiger partial charge < -0.3 is 10.1 Å². The SMILES string of the molecule is O=c1ccc2ccc3[nH]c4ccc5ccccc5c4cc3c2c1O. The highest BCUT2D eigenvalue weighted by Crippen LogP contribution is 2.33. The van der Waals surface area contributed by atoms with E-state index in [0.29, 0.717) is 5.39 Å². The van der Waals surface area contributed by atoms with Gasteiger partial charge in [0.25, 0.3) is 0 Å². The van der Waals surface area contributed by atoms with Crippen LogP contribution in [0.15, 0.2) is 71.5 Å². The molecule has 0 fully saturated rings. The first kappa shape index (κ1) is 13.1. The standard InChI is InChI=1S/C21H13NO2/c23-19-10-7-13-6-9-18-16(20(13)21(19)24)11-15-14-4-2-1-3-12(14)5-8-17(15)22-18/h1-11,22,24H. The molecule has 5 aromatic rings. The summed E-state index contributed by atoms with van der Waals surface area (Å²) in [4.78, 5) is 15.3. The van der Waals surface area contributed by atoms with Gasteiger partial charge in [-0.3, -0.25) is 4.79 Å². The van der Waals surface area contributed by atoms with Gasteiger partial charge in [0.2, 0.25) is 5.43 Å². The molecule has 0 bridgehead atoms. The zero-order valence-corrected chi connectivity index (χ0v) is 12.7. The molecule has 0 saturated carbocycles. The lowest BCUT2D eigenvalue weighted by molar-refractivity contribution is 0.477. The Morgan fingerprint density at radius 3 is 2.29 bits per heavy atom. The van der Waals surface area contributed by atoms with Crippen LogP contribution in [0.5, 0.6) is 5.75 Å². The van der Waals surface area contributed by atoms with Crippen LogP contribution < -0.4 is 5.43 Å². The summed E-state index contributed by atoms with van der Waals surface area (Å²) in [5, 5.41) is 16.0. The van der Waals surface area contributed by atoms with Crippen LogP contribution in [0.1, 0.15) is 0 Å². The van der Waals surface area contributed by atoms with Crippen molar-refractivity contribution in [3.63, 3.8) is 0 Å². The van der Waals surface area contributed by atoms with Crippen LogP contribution >= 0.6 is 0 Å². The van der Waals surface area contributed by atoms with Crippen LogP contribution in [0.2, 0.25) is 0 Å². The lowest BCUT2D eigenvalue weighted by Crippen LogP contribution is -1.98. The Balaban J connectivity index is 2.08. The summed E-state index contributed by atoms with van der Waals surface area (Å²) in [5.41, 5.74) is 1.57. The first-order valence-corrected chi connectivity index (χ1v) is 7.81. The van der Waals surface area contributed by atoms with E-state index in [2.05, 4.69) is 35.3 Å². The molecule has 0 spiro atoms. The number of aromatic amines is 1. The summed E-state index contributed by atoms with van der Waals surface area (Å²) in [6.45, 7) is 0. The number of phenolic OH excluding ortho intramolecular Hbond substituents is 1. The van der Waals surface area contributed by atoms with Crippen molar-refractivity contribution in [3.05, 3.63) is 77.0 Å². The van der Waals surface area contributed by atoms with Crippen molar-refractivity contribution in [2.24, 2.45) is 0 Å². The van der Waals surface area contributed by atoms with E-state index < -0.39 is 0 Å². The van der Waals surface area contributed by atoms with Gasteiger partial charge in [-0.25, -0.2) is 0 Å². The quantitative estimate of drug-likeness (QED) is 0.322. The second-order valence-electron chi connectivity index (χ2n) is 6.05. The van der Waals surface area contributed by atoms with E-state index in [-0.39, 0.29) is 11.2 Å². The van der Waals surface area contributed by atoms with E-state index in [4.69, 9.17) is 0 Å². The lowest BCUT2D eigenvalue weighted by atomic mass is 9.99. The van der Waals surface area contributed by atoms with E-state index in [1.54, 1.807) is 6.07 Å². The zero-order chi connectivity index (χ0) is 16.3. The number of nitrogens with one attached hydrogen (secondary N) is 1. The van der Waals surface area contributed by atoms with Crippen molar-refractivity contribution in [1.29, 1.82) is 0 Å². The second-order valence-corrected chi connectivity index (χ2v) is 6.05. The normalized spacial score (nSPS) is 11.7. The first-order valence-electron chi connectivity index (χ1n) is 7.81. The third-order valence-electron chi connectivity index (χ3n) is 4.69. The van der Waals surface area contributed by atoms with Gasteiger partial charge in [-0.05, 0) is 40.4 Å². The Morgan fingerprint density at radius 1 is 0.708 bits per heavy atom. The highest BCUT2D eigenvalue weighted by atomic mass is 16.3. The number of rotatable bonds is 0. The molecule has 0 aliphatic carbocycles. The molecule has 3 nitrogen and oxygen atoms in total. The van der Waals surface area contributed by atoms with Gasteiger partial charge in [0.15, 0.2) is 5.75 Å². The maximum absolute atomic E-state index is 11.9. The number of pyridine rings is 1. The maximum atomic E-state index is 11.9. The van der Waals surface area contributed by atoms with Crippen molar-refractivity contribution in [2.45, 2.75) is 0 Å².